The largest absolute Gasteiger partial charge is 0.474 e. The Morgan fingerprint density at radius 1 is 1.28 bits per heavy atom. The molecule has 2 aromatic carbocycles. The van der Waals surface area contributed by atoms with Crippen molar-refractivity contribution in [3.05, 3.63) is 62.1 Å². The molecule has 2 rings (SSSR count). The highest BCUT2D eigenvalue weighted by atomic mass is 35.5. The molecule has 0 aromatic heterocycles. The zero-order valence-corrected chi connectivity index (χ0v) is 14.4. The van der Waals surface area contributed by atoms with Crippen molar-refractivity contribution in [3.63, 3.8) is 0 Å². The van der Waals surface area contributed by atoms with E-state index in [9.17, 15) is 19.7 Å². The van der Waals surface area contributed by atoms with Gasteiger partial charge in [-0.25, -0.2) is 0 Å². The van der Waals surface area contributed by atoms with Gasteiger partial charge in [0.15, 0.2) is 11.9 Å². The molecule has 0 saturated heterocycles. The molecule has 1 amide bonds. The van der Waals surface area contributed by atoms with E-state index < -0.39 is 22.6 Å². The third-order valence-corrected chi connectivity index (χ3v) is 3.73. The number of ether oxygens (including phenoxy) is 1. The first-order chi connectivity index (χ1) is 11.8. The normalized spacial score (nSPS) is 11.5. The van der Waals surface area contributed by atoms with Gasteiger partial charge < -0.3 is 10.1 Å². The van der Waals surface area contributed by atoms with E-state index in [2.05, 4.69) is 5.32 Å². The van der Waals surface area contributed by atoms with Crippen molar-refractivity contribution in [2.45, 2.75) is 13.0 Å². The molecule has 0 radical (unpaired) electrons. The molecule has 0 unspecified atom stereocenters. The Hall–Kier alpha value is -2.64. The zero-order chi connectivity index (χ0) is 18.6. The number of halogens is 2. The van der Waals surface area contributed by atoms with E-state index in [0.717, 1.165) is 6.07 Å². The van der Waals surface area contributed by atoms with Gasteiger partial charge in [-0.3, -0.25) is 19.7 Å². The van der Waals surface area contributed by atoms with E-state index in [4.69, 9.17) is 27.9 Å². The van der Waals surface area contributed by atoms with Crippen LogP contribution < -0.4 is 10.1 Å². The number of nitro groups is 1. The molecule has 0 aliphatic heterocycles. The Morgan fingerprint density at radius 3 is 2.60 bits per heavy atom. The van der Waals surface area contributed by atoms with Gasteiger partial charge in [-0.1, -0.05) is 23.2 Å². The summed E-state index contributed by atoms with van der Waals surface area (Å²) in [4.78, 5) is 33.3. The maximum absolute atomic E-state index is 12.2. The lowest BCUT2D eigenvalue weighted by molar-refractivity contribution is -0.386. The molecule has 0 aliphatic carbocycles. The summed E-state index contributed by atoms with van der Waals surface area (Å²) >= 11 is 11.8. The lowest BCUT2D eigenvalue weighted by atomic mass is 10.2. The number of hydrogen-bond acceptors (Lipinski definition) is 5. The summed E-state index contributed by atoms with van der Waals surface area (Å²) in [6, 6.07) is 8.24. The molecule has 9 heteroatoms. The summed E-state index contributed by atoms with van der Waals surface area (Å²) in [6.07, 6.45) is -0.567. The van der Waals surface area contributed by atoms with Crippen LogP contribution in [0.1, 0.15) is 17.3 Å². The Labute approximate surface area is 152 Å². The van der Waals surface area contributed by atoms with Crippen molar-refractivity contribution in [1.29, 1.82) is 0 Å². The molecule has 7 nitrogen and oxygen atoms in total. The second kappa shape index (κ2) is 7.96. The number of carbonyl (C=O) groups is 2. The monoisotopic (exact) mass is 382 g/mol. The molecule has 0 fully saturated rings. The summed E-state index contributed by atoms with van der Waals surface area (Å²) in [5.74, 6) is -0.682. The first kappa shape index (κ1) is 18.7. The average Bonchev–Trinajstić information content (AvgIpc) is 2.57. The highest BCUT2D eigenvalue weighted by molar-refractivity contribution is 6.36. The molecular formula is C16H12Cl2N2O5. The van der Waals surface area contributed by atoms with E-state index in [1.807, 2.05) is 0 Å². The molecule has 2 aromatic rings. The predicted molar refractivity (Wildman–Crippen MR) is 93.7 cm³/mol. The van der Waals surface area contributed by atoms with Crippen molar-refractivity contribution in [2.75, 3.05) is 5.32 Å². The number of rotatable bonds is 6. The molecule has 0 heterocycles. The fraction of sp³-hybridized carbons (Fsp3) is 0.125. The standard InChI is InChI=1S/C16H12Cl2N2O5/c1-9(16(22)19-13-4-3-11(17)7-12(13)18)25-15-5-2-10(8-21)6-14(15)20(23)24/h2-9H,1H3,(H,19,22)/t9-/m0/s1. The highest BCUT2D eigenvalue weighted by Gasteiger charge is 2.22. The van der Waals surface area contributed by atoms with Crippen LogP contribution in [0.4, 0.5) is 11.4 Å². The van der Waals surface area contributed by atoms with E-state index >= 15 is 0 Å². The molecule has 0 saturated carbocycles. The number of nitrogens with zero attached hydrogens (tertiary/aromatic N) is 1. The van der Waals surface area contributed by atoms with Gasteiger partial charge in [0.2, 0.25) is 0 Å². The molecule has 0 bridgehead atoms. The third-order valence-electron chi connectivity index (χ3n) is 3.18. The minimum absolute atomic E-state index is 0.125. The van der Waals surface area contributed by atoms with Gasteiger partial charge in [0.05, 0.1) is 15.6 Å². The van der Waals surface area contributed by atoms with Gasteiger partial charge in [-0.2, -0.15) is 0 Å². The number of benzene rings is 2. The van der Waals surface area contributed by atoms with Crippen LogP contribution in [0, 0.1) is 10.1 Å². The maximum atomic E-state index is 12.2. The van der Waals surface area contributed by atoms with Crippen molar-refractivity contribution < 1.29 is 19.2 Å². The molecule has 25 heavy (non-hydrogen) atoms. The number of hydrogen-bond donors (Lipinski definition) is 1. The number of amides is 1. The fourth-order valence-corrected chi connectivity index (χ4v) is 2.37. The predicted octanol–water partition coefficient (Wildman–Crippen LogP) is 4.12. The lowest BCUT2D eigenvalue weighted by Crippen LogP contribution is -2.30. The van der Waals surface area contributed by atoms with Crippen LogP contribution in [0.5, 0.6) is 5.75 Å². The minimum atomic E-state index is -1.05. The summed E-state index contributed by atoms with van der Waals surface area (Å²) in [5, 5.41) is 14.3. The van der Waals surface area contributed by atoms with E-state index in [-0.39, 0.29) is 16.3 Å². The number of anilines is 1. The SMILES string of the molecule is C[C@H](Oc1ccc(C=O)cc1[N+](=O)[O-])C(=O)Nc1ccc(Cl)cc1Cl. The number of carbonyl (C=O) groups excluding carboxylic acids is 2. The minimum Gasteiger partial charge on any atom is -0.474 e. The highest BCUT2D eigenvalue weighted by Crippen LogP contribution is 2.29. The summed E-state index contributed by atoms with van der Waals surface area (Å²) in [5.41, 5.74) is 0.0511. The number of nitro benzene ring substituents is 1. The quantitative estimate of drug-likeness (QED) is 0.460. The van der Waals surface area contributed by atoms with Crippen molar-refractivity contribution in [2.24, 2.45) is 0 Å². The van der Waals surface area contributed by atoms with Crippen LogP contribution in [0.2, 0.25) is 10.0 Å². The number of aldehydes is 1. The van der Waals surface area contributed by atoms with Crippen LogP contribution in [0.15, 0.2) is 36.4 Å². The first-order valence-corrected chi connectivity index (χ1v) is 7.73. The van der Waals surface area contributed by atoms with E-state index in [1.165, 1.54) is 31.2 Å². The van der Waals surface area contributed by atoms with Gasteiger partial charge in [0, 0.05) is 16.7 Å². The summed E-state index contributed by atoms with van der Waals surface area (Å²) < 4.78 is 5.37. The maximum Gasteiger partial charge on any atom is 0.311 e. The van der Waals surface area contributed by atoms with Crippen molar-refractivity contribution in [3.8, 4) is 5.75 Å². The van der Waals surface area contributed by atoms with Crippen molar-refractivity contribution >= 4 is 46.8 Å². The Morgan fingerprint density at radius 2 is 2.00 bits per heavy atom. The molecule has 1 atom stereocenters. The second-order valence-corrected chi connectivity index (χ2v) is 5.82. The third kappa shape index (κ3) is 4.68. The average molecular weight is 383 g/mol. The Bertz CT molecular complexity index is 841. The van der Waals surface area contributed by atoms with Gasteiger partial charge >= 0.3 is 5.69 Å². The summed E-state index contributed by atoms with van der Waals surface area (Å²) in [6.45, 7) is 1.43. The molecule has 0 aliphatic rings. The molecule has 0 spiro atoms. The fourth-order valence-electron chi connectivity index (χ4n) is 1.92. The first-order valence-electron chi connectivity index (χ1n) is 6.98. The molecule has 1 N–H and O–H groups in total. The van der Waals surface area contributed by atoms with Crippen LogP contribution in [-0.2, 0) is 4.79 Å². The van der Waals surface area contributed by atoms with Crippen molar-refractivity contribution in [1.82, 2.24) is 0 Å². The Kier molecular flexibility index (Phi) is 5.95. The van der Waals surface area contributed by atoms with Crippen LogP contribution in [0.25, 0.3) is 0 Å². The second-order valence-electron chi connectivity index (χ2n) is 4.98. The summed E-state index contributed by atoms with van der Waals surface area (Å²) in [7, 11) is 0. The van der Waals surface area contributed by atoms with Gasteiger partial charge in [0.25, 0.3) is 5.91 Å². The van der Waals surface area contributed by atoms with Gasteiger partial charge in [0.1, 0.15) is 6.29 Å². The van der Waals surface area contributed by atoms with Gasteiger partial charge in [-0.05, 0) is 37.3 Å². The van der Waals surface area contributed by atoms with Gasteiger partial charge in [-0.15, -0.1) is 0 Å². The van der Waals surface area contributed by atoms with Crippen LogP contribution in [0.3, 0.4) is 0 Å². The Balaban J connectivity index is 2.16. The zero-order valence-electron chi connectivity index (χ0n) is 12.9. The molecular weight excluding hydrogens is 371 g/mol. The lowest BCUT2D eigenvalue weighted by Gasteiger charge is -2.15. The smallest absolute Gasteiger partial charge is 0.311 e. The molecule has 130 valence electrons. The number of nitrogens with one attached hydrogen (secondary N) is 1. The van der Waals surface area contributed by atoms with E-state index in [1.54, 1.807) is 6.07 Å². The topological polar surface area (TPSA) is 98.5 Å². The van der Waals surface area contributed by atoms with Crippen LogP contribution in [-0.4, -0.2) is 23.2 Å². The van der Waals surface area contributed by atoms with Crippen LogP contribution >= 0.6 is 23.2 Å². The van der Waals surface area contributed by atoms with E-state index in [0.29, 0.717) is 17.0 Å².